The number of imide groups is 1. The predicted molar refractivity (Wildman–Crippen MR) is 87.0 cm³/mol. The highest BCUT2D eigenvalue weighted by atomic mass is 28.4. The van der Waals surface area contributed by atoms with Crippen LogP contribution >= 0.6 is 0 Å². The van der Waals surface area contributed by atoms with Gasteiger partial charge >= 0.3 is 6.09 Å². The number of rotatable bonds is 6. The molecular weight excluding hydrogens is 298 g/mol. The van der Waals surface area contributed by atoms with Crippen LogP contribution in [-0.4, -0.2) is 44.5 Å². The molecule has 1 aliphatic heterocycles. The number of amides is 2. The Morgan fingerprint density at radius 3 is 2.45 bits per heavy atom. The van der Waals surface area contributed by atoms with Crippen LogP contribution < -0.4 is 0 Å². The van der Waals surface area contributed by atoms with Gasteiger partial charge in [0.25, 0.3) is 0 Å². The van der Waals surface area contributed by atoms with Gasteiger partial charge < -0.3 is 9.16 Å². The Balaban J connectivity index is 2.20. The van der Waals surface area contributed by atoms with Gasteiger partial charge in [0.1, 0.15) is 6.61 Å². The number of hydrogen-bond acceptors (Lipinski definition) is 4. The van der Waals surface area contributed by atoms with Crippen LogP contribution in [0, 0.1) is 11.8 Å². The van der Waals surface area contributed by atoms with E-state index in [9.17, 15) is 9.59 Å². The van der Waals surface area contributed by atoms with Crippen molar-refractivity contribution in [2.45, 2.75) is 64.8 Å². The van der Waals surface area contributed by atoms with E-state index in [0.29, 0.717) is 19.1 Å². The zero-order valence-electron chi connectivity index (χ0n) is 14.3. The van der Waals surface area contributed by atoms with Gasteiger partial charge in [0, 0.05) is 0 Å². The summed E-state index contributed by atoms with van der Waals surface area (Å²) in [4.78, 5) is 26.1. The molecule has 0 radical (unpaired) electrons. The van der Waals surface area contributed by atoms with Crippen LogP contribution in [0.4, 0.5) is 4.79 Å². The average Bonchev–Trinajstić information content (AvgIpc) is 3.07. The molecule has 1 heterocycles. The van der Waals surface area contributed by atoms with Crippen molar-refractivity contribution in [3.05, 3.63) is 0 Å². The largest absolute Gasteiger partial charge is 0.447 e. The van der Waals surface area contributed by atoms with Crippen LogP contribution in [0.25, 0.3) is 0 Å². The third-order valence-electron chi connectivity index (χ3n) is 4.53. The zero-order valence-corrected chi connectivity index (χ0v) is 15.3. The van der Waals surface area contributed by atoms with E-state index in [1.807, 2.05) is 0 Å². The summed E-state index contributed by atoms with van der Waals surface area (Å²) >= 11 is 0. The van der Waals surface area contributed by atoms with E-state index in [4.69, 9.17) is 9.16 Å². The minimum absolute atomic E-state index is 0.0838. The molecule has 0 aromatic carbocycles. The van der Waals surface area contributed by atoms with E-state index in [1.165, 1.54) is 17.7 Å². The number of cyclic esters (lactones) is 1. The fourth-order valence-electron chi connectivity index (χ4n) is 3.62. The molecule has 6 heteroatoms. The van der Waals surface area contributed by atoms with Crippen LogP contribution in [0.5, 0.6) is 0 Å². The van der Waals surface area contributed by atoms with Gasteiger partial charge in [-0.2, -0.15) is 0 Å². The van der Waals surface area contributed by atoms with E-state index in [2.05, 4.69) is 26.6 Å². The monoisotopic (exact) mass is 327 g/mol. The van der Waals surface area contributed by atoms with E-state index in [0.717, 1.165) is 19.3 Å². The van der Waals surface area contributed by atoms with Crippen LogP contribution in [0.2, 0.25) is 19.6 Å². The molecule has 126 valence electrons. The number of ether oxygens (including phenoxy) is 1. The maximum atomic E-state index is 13.0. The second-order valence-electron chi connectivity index (χ2n) is 7.35. The molecule has 0 N–H and O–H groups in total. The molecule has 1 saturated carbocycles. The van der Waals surface area contributed by atoms with Crippen molar-refractivity contribution in [3.63, 3.8) is 0 Å². The summed E-state index contributed by atoms with van der Waals surface area (Å²) in [7, 11) is -1.74. The van der Waals surface area contributed by atoms with Gasteiger partial charge in [-0.15, -0.1) is 0 Å². The first kappa shape index (κ1) is 17.5. The zero-order chi connectivity index (χ0) is 16.3. The molecule has 1 aliphatic carbocycles. The Kier molecular flexibility index (Phi) is 5.66. The molecule has 2 atom stereocenters. The molecule has 0 spiro atoms. The van der Waals surface area contributed by atoms with Gasteiger partial charge in [-0.25, -0.2) is 9.69 Å². The van der Waals surface area contributed by atoms with E-state index >= 15 is 0 Å². The molecule has 0 aromatic rings. The molecule has 0 unspecified atom stereocenters. The third-order valence-corrected chi connectivity index (χ3v) is 5.54. The van der Waals surface area contributed by atoms with E-state index in [1.54, 1.807) is 0 Å². The fourth-order valence-corrected chi connectivity index (χ4v) is 4.84. The first-order valence-electron chi connectivity index (χ1n) is 8.49. The summed E-state index contributed by atoms with van der Waals surface area (Å²) in [6.07, 6.45) is 4.69. The van der Waals surface area contributed by atoms with Gasteiger partial charge in [0.05, 0.1) is 18.6 Å². The Labute approximate surface area is 134 Å². The van der Waals surface area contributed by atoms with Gasteiger partial charge in [0.15, 0.2) is 8.32 Å². The molecule has 2 fully saturated rings. The second-order valence-corrected chi connectivity index (χ2v) is 11.8. The number of carbonyl (C=O) groups excluding carboxylic acids is 2. The van der Waals surface area contributed by atoms with Crippen molar-refractivity contribution in [3.8, 4) is 0 Å². The van der Waals surface area contributed by atoms with Crippen molar-refractivity contribution in [1.82, 2.24) is 4.90 Å². The van der Waals surface area contributed by atoms with Crippen LogP contribution in [0.3, 0.4) is 0 Å². The molecule has 0 aromatic heterocycles. The Bertz CT molecular complexity index is 415. The third kappa shape index (κ3) is 4.10. The predicted octanol–water partition coefficient (Wildman–Crippen LogP) is 3.40. The van der Waals surface area contributed by atoms with E-state index < -0.39 is 14.4 Å². The lowest BCUT2D eigenvalue weighted by atomic mass is 9.84. The molecular formula is C16H29NO4Si. The highest BCUT2D eigenvalue weighted by Crippen LogP contribution is 2.37. The highest BCUT2D eigenvalue weighted by molar-refractivity contribution is 6.69. The topological polar surface area (TPSA) is 55.8 Å². The first-order valence-corrected chi connectivity index (χ1v) is 11.9. The lowest BCUT2D eigenvalue weighted by molar-refractivity contribution is -0.137. The smallest absolute Gasteiger partial charge is 0.416 e. The molecule has 2 rings (SSSR count). The maximum Gasteiger partial charge on any atom is 0.416 e. The van der Waals surface area contributed by atoms with Crippen molar-refractivity contribution < 1.29 is 18.8 Å². The summed E-state index contributed by atoms with van der Waals surface area (Å²) < 4.78 is 11.3. The Morgan fingerprint density at radius 2 is 2.00 bits per heavy atom. The van der Waals surface area contributed by atoms with Crippen LogP contribution in [0.15, 0.2) is 0 Å². The number of carbonyl (C=O) groups is 2. The lowest BCUT2D eigenvalue weighted by Gasteiger charge is -2.35. The summed E-state index contributed by atoms with van der Waals surface area (Å²) in [5.41, 5.74) is 0. The second kappa shape index (κ2) is 7.13. The Morgan fingerprint density at radius 1 is 1.36 bits per heavy atom. The van der Waals surface area contributed by atoms with Gasteiger partial charge in [0.2, 0.25) is 5.91 Å². The van der Waals surface area contributed by atoms with Gasteiger partial charge in [-0.05, 0) is 44.8 Å². The van der Waals surface area contributed by atoms with E-state index in [-0.39, 0.29) is 17.9 Å². The van der Waals surface area contributed by atoms with Crippen LogP contribution in [0.1, 0.15) is 39.0 Å². The maximum absolute atomic E-state index is 13.0. The van der Waals surface area contributed by atoms with Crippen LogP contribution in [-0.2, 0) is 14.0 Å². The average molecular weight is 327 g/mol. The quantitative estimate of drug-likeness (QED) is 0.702. The van der Waals surface area contributed by atoms with Gasteiger partial charge in [-0.1, -0.05) is 19.8 Å². The molecule has 2 amide bonds. The number of hydrogen-bond donors (Lipinski definition) is 0. The Hall–Kier alpha value is -0.883. The summed E-state index contributed by atoms with van der Waals surface area (Å²) in [6, 6.07) is 0. The summed E-state index contributed by atoms with van der Waals surface area (Å²) in [6.45, 7) is 9.21. The van der Waals surface area contributed by atoms with Crippen molar-refractivity contribution in [1.29, 1.82) is 0 Å². The molecule has 2 aliphatic rings. The standard InChI is InChI=1S/C16H29NO4Si/c1-5-13(21-22(2,3)4)14(12-8-6-7-9-12)15(18)17-10-11-20-16(17)19/h12-14H,5-11H2,1-4H3/t13-,14-/m1/s1. The molecule has 1 saturated heterocycles. The molecule has 5 nitrogen and oxygen atoms in total. The SMILES string of the molecule is CC[C@@H](O[Si](C)(C)C)[C@H](C(=O)N1CCOC1=O)C1CCCC1. The highest BCUT2D eigenvalue weighted by Gasteiger charge is 2.43. The van der Waals surface area contributed by atoms with Crippen molar-refractivity contribution in [2.75, 3.05) is 13.2 Å². The minimum atomic E-state index is -1.74. The van der Waals surface area contributed by atoms with Crippen molar-refractivity contribution >= 4 is 20.3 Å². The lowest BCUT2D eigenvalue weighted by Crippen LogP contribution is -2.47. The fraction of sp³-hybridized carbons (Fsp3) is 0.875. The summed E-state index contributed by atoms with van der Waals surface area (Å²) in [5, 5.41) is 0. The van der Waals surface area contributed by atoms with Crippen molar-refractivity contribution in [2.24, 2.45) is 11.8 Å². The normalized spacial score (nSPS) is 22.7. The minimum Gasteiger partial charge on any atom is -0.447 e. The molecule has 0 bridgehead atoms. The number of nitrogens with zero attached hydrogens (tertiary/aromatic N) is 1. The molecule has 22 heavy (non-hydrogen) atoms. The first-order chi connectivity index (χ1) is 10.3. The van der Waals surface area contributed by atoms with Gasteiger partial charge in [-0.3, -0.25) is 4.79 Å². The summed E-state index contributed by atoms with van der Waals surface area (Å²) in [5.74, 6) is 0.0478.